The van der Waals surface area contributed by atoms with E-state index in [0.29, 0.717) is 5.54 Å². The summed E-state index contributed by atoms with van der Waals surface area (Å²) in [5.41, 5.74) is 0.291. The summed E-state index contributed by atoms with van der Waals surface area (Å²) in [6.45, 7) is 0.812. The second kappa shape index (κ2) is 4.49. The van der Waals surface area contributed by atoms with E-state index in [9.17, 15) is 4.79 Å². The van der Waals surface area contributed by atoms with Crippen LogP contribution in [-0.4, -0.2) is 25.2 Å². The number of rotatable bonds is 1. The first kappa shape index (κ1) is 11.8. The summed E-state index contributed by atoms with van der Waals surface area (Å²) in [4.78, 5) is 11.3. The predicted molar refractivity (Wildman–Crippen MR) is 56.6 cm³/mol. The van der Waals surface area contributed by atoms with Crippen LogP contribution in [0.3, 0.4) is 0 Å². The third-order valence-corrected chi connectivity index (χ3v) is 3.46. The van der Waals surface area contributed by atoms with Gasteiger partial charge in [-0.15, -0.1) is 12.4 Å². The predicted octanol–water partition coefficient (Wildman–Crippen LogP) is 1.50. The molecule has 2 fully saturated rings. The molecule has 1 aliphatic carbocycles. The first-order valence-corrected chi connectivity index (χ1v) is 5.09. The van der Waals surface area contributed by atoms with Crippen LogP contribution in [0.4, 0.5) is 0 Å². The molecule has 4 heteroatoms. The molecule has 0 bridgehead atoms. The number of hydrogen-bond donors (Lipinski definition) is 1. The lowest BCUT2D eigenvalue weighted by Crippen LogP contribution is -2.35. The molecular formula is C10H18ClNO2. The summed E-state index contributed by atoms with van der Waals surface area (Å²) in [6, 6.07) is 0. The van der Waals surface area contributed by atoms with Gasteiger partial charge < -0.3 is 10.1 Å². The number of carbonyl (C=O) groups excluding carboxylic acids is 1. The van der Waals surface area contributed by atoms with Crippen LogP contribution >= 0.6 is 12.4 Å². The van der Waals surface area contributed by atoms with Gasteiger partial charge in [0, 0.05) is 12.1 Å². The Labute approximate surface area is 91.0 Å². The number of carbonyl (C=O) groups is 1. The van der Waals surface area contributed by atoms with Crippen LogP contribution in [0, 0.1) is 5.92 Å². The van der Waals surface area contributed by atoms with Gasteiger partial charge in [-0.1, -0.05) is 12.8 Å². The number of nitrogens with one attached hydrogen (secondary N) is 1. The zero-order valence-corrected chi connectivity index (χ0v) is 9.36. The highest BCUT2D eigenvalue weighted by molar-refractivity contribution is 5.85. The van der Waals surface area contributed by atoms with E-state index in [-0.39, 0.29) is 24.3 Å². The molecule has 1 aliphatic heterocycles. The van der Waals surface area contributed by atoms with Crippen molar-refractivity contribution in [2.45, 2.75) is 37.6 Å². The average molecular weight is 220 g/mol. The molecule has 0 aromatic rings. The van der Waals surface area contributed by atoms with Gasteiger partial charge in [-0.25, -0.2) is 0 Å². The molecule has 1 N–H and O–H groups in total. The SMILES string of the molecule is COC(=O)C1CNC2(CCCC2)C1.Cl. The van der Waals surface area contributed by atoms with Gasteiger partial charge in [0.2, 0.25) is 0 Å². The number of hydrogen-bond acceptors (Lipinski definition) is 3. The third kappa shape index (κ3) is 2.04. The molecule has 0 aromatic carbocycles. The van der Waals surface area contributed by atoms with E-state index in [2.05, 4.69) is 5.32 Å². The monoisotopic (exact) mass is 219 g/mol. The molecule has 2 rings (SSSR count). The van der Waals surface area contributed by atoms with Crippen molar-refractivity contribution in [3.8, 4) is 0 Å². The summed E-state index contributed by atoms with van der Waals surface area (Å²) in [6.07, 6.45) is 6.07. The lowest BCUT2D eigenvalue weighted by atomic mass is 9.91. The fourth-order valence-electron chi connectivity index (χ4n) is 2.72. The molecule has 1 atom stereocenters. The summed E-state index contributed by atoms with van der Waals surface area (Å²) in [5.74, 6) is 0.0550. The van der Waals surface area contributed by atoms with Crippen molar-refractivity contribution < 1.29 is 9.53 Å². The number of halogens is 1. The van der Waals surface area contributed by atoms with Crippen molar-refractivity contribution >= 4 is 18.4 Å². The highest BCUT2D eigenvalue weighted by Gasteiger charge is 2.43. The summed E-state index contributed by atoms with van der Waals surface area (Å²) in [7, 11) is 1.47. The maximum atomic E-state index is 11.3. The van der Waals surface area contributed by atoms with Crippen molar-refractivity contribution in [2.75, 3.05) is 13.7 Å². The number of ether oxygens (including phenoxy) is 1. The first-order chi connectivity index (χ1) is 6.26. The van der Waals surface area contributed by atoms with Gasteiger partial charge in [-0.2, -0.15) is 0 Å². The van der Waals surface area contributed by atoms with Crippen LogP contribution < -0.4 is 5.32 Å². The fourth-order valence-corrected chi connectivity index (χ4v) is 2.72. The normalized spacial score (nSPS) is 28.8. The lowest BCUT2D eigenvalue weighted by molar-refractivity contribution is -0.144. The Morgan fingerprint density at radius 1 is 1.43 bits per heavy atom. The van der Waals surface area contributed by atoms with Crippen LogP contribution in [0.5, 0.6) is 0 Å². The highest BCUT2D eigenvalue weighted by Crippen LogP contribution is 2.38. The van der Waals surface area contributed by atoms with E-state index in [0.717, 1.165) is 13.0 Å². The summed E-state index contributed by atoms with van der Waals surface area (Å²) in [5, 5.41) is 3.50. The maximum absolute atomic E-state index is 11.3. The standard InChI is InChI=1S/C10H17NO2.ClH/c1-13-9(12)8-6-10(11-7-8)4-2-3-5-10;/h8,11H,2-7H2,1H3;1H. The van der Waals surface area contributed by atoms with E-state index < -0.39 is 0 Å². The minimum Gasteiger partial charge on any atom is -0.469 e. The van der Waals surface area contributed by atoms with Crippen molar-refractivity contribution in [3.63, 3.8) is 0 Å². The molecule has 1 heterocycles. The van der Waals surface area contributed by atoms with Gasteiger partial charge in [-0.05, 0) is 19.3 Å². The molecule has 2 aliphatic rings. The van der Waals surface area contributed by atoms with Crippen LogP contribution in [0.25, 0.3) is 0 Å². The summed E-state index contributed by atoms with van der Waals surface area (Å²) >= 11 is 0. The second-order valence-corrected chi connectivity index (χ2v) is 4.29. The van der Waals surface area contributed by atoms with Gasteiger partial charge >= 0.3 is 5.97 Å². The van der Waals surface area contributed by atoms with Gasteiger partial charge in [-0.3, -0.25) is 4.79 Å². The van der Waals surface area contributed by atoms with Crippen LogP contribution in [0.2, 0.25) is 0 Å². The Kier molecular flexibility index (Phi) is 3.78. The van der Waals surface area contributed by atoms with Crippen molar-refractivity contribution in [1.29, 1.82) is 0 Å². The topological polar surface area (TPSA) is 38.3 Å². The van der Waals surface area contributed by atoms with E-state index >= 15 is 0 Å². The fraction of sp³-hybridized carbons (Fsp3) is 0.900. The number of esters is 1. The van der Waals surface area contributed by atoms with E-state index in [1.54, 1.807) is 0 Å². The first-order valence-electron chi connectivity index (χ1n) is 5.09. The minimum absolute atomic E-state index is 0. The molecule has 3 nitrogen and oxygen atoms in total. The maximum Gasteiger partial charge on any atom is 0.310 e. The molecule has 1 saturated heterocycles. The zero-order chi connectivity index (χ0) is 9.31. The minimum atomic E-state index is -0.0451. The van der Waals surface area contributed by atoms with Crippen molar-refractivity contribution in [1.82, 2.24) is 5.32 Å². The Morgan fingerprint density at radius 3 is 2.64 bits per heavy atom. The van der Waals surface area contributed by atoms with Gasteiger partial charge in [0.1, 0.15) is 0 Å². The summed E-state index contributed by atoms with van der Waals surface area (Å²) < 4.78 is 4.76. The van der Waals surface area contributed by atoms with Gasteiger partial charge in [0.25, 0.3) is 0 Å². The van der Waals surface area contributed by atoms with Crippen LogP contribution in [-0.2, 0) is 9.53 Å². The van der Waals surface area contributed by atoms with E-state index in [4.69, 9.17) is 4.74 Å². The Morgan fingerprint density at radius 2 is 2.07 bits per heavy atom. The molecule has 14 heavy (non-hydrogen) atoms. The Bertz CT molecular complexity index is 214. The van der Waals surface area contributed by atoms with Crippen LogP contribution in [0.1, 0.15) is 32.1 Å². The average Bonchev–Trinajstić information content (AvgIpc) is 2.76. The van der Waals surface area contributed by atoms with Crippen LogP contribution in [0.15, 0.2) is 0 Å². The molecule has 1 saturated carbocycles. The smallest absolute Gasteiger partial charge is 0.310 e. The molecule has 1 unspecified atom stereocenters. The molecule has 82 valence electrons. The third-order valence-electron chi connectivity index (χ3n) is 3.46. The molecule has 0 aromatic heterocycles. The Hall–Kier alpha value is -0.280. The largest absolute Gasteiger partial charge is 0.469 e. The molecule has 1 spiro atoms. The Balaban J connectivity index is 0.000000980. The highest BCUT2D eigenvalue weighted by atomic mass is 35.5. The van der Waals surface area contributed by atoms with Gasteiger partial charge in [0.15, 0.2) is 0 Å². The quantitative estimate of drug-likeness (QED) is 0.680. The number of methoxy groups -OCH3 is 1. The van der Waals surface area contributed by atoms with Crippen molar-refractivity contribution in [2.24, 2.45) is 5.92 Å². The lowest BCUT2D eigenvalue weighted by Gasteiger charge is -2.22. The van der Waals surface area contributed by atoms with Crippen molar-refractivity contribution in [3.05, 3.63) is 0 Å². The zero-order valence-electron chi connectivity index (χ0n) is 8.54. The van der Waals surface area contributed by atoms with E-state index in [1.165, 1.54) is 32.8 Å². The molecule has 0 amide bonds. The molecular weight excluding hydrogens is 202 g/mol. The molecule has 0 radical (unpaired) electrons. The van der Waals surface area contributed by atoms with E-state index in [1.807, 2.05) is 0 Å². The van der Waals surface area contributed by atoms with Gasteiger partial charge in [0.05, 0.1) is 13.0 Å². The second-order valence-electron chi connectivity index (χ2n) is 4.29.